The maximum atomic E-state index is 5.98. The maximum absolute atomic E-state index is 5.98. The van der Waals surface area contributed by atoms with Crippen LogP contribution in [0.1, 0.15) is 25.3 Å². The zero-order chi connectivity index (χ0) is 13.2. The van der Waals surface area contributed by atoms with E-state index in [9.17, 15) is 0 Å². The average molecular weight is 271 g/mol. The molecule has 0 fully saturated rings. The molecule has 4 heteroatoms. The Kier molecular flexibility index (Phi) is 7.81. The van der Waals surface area contributed by atoms with Gasteiger partial charge in [0, 0.05) is 17.1 Å². The first-order valence-corrected chi connectivity index (χ1v) is 6.89. The number of rotatable bonds is 9. The standard InChI is InChI=1S/C14H23ClN2O/c1-3-7-16-8-4-9-17-11-12-10-13(15)5-6-14(12)18-2/h5-6,10,16-17H,3-4,7-9,11H2,1-2H3. The summed E-state index contributed by atoms with van der Waals surface area (Å²) in [5, 5.41) is 7.53. The van der Waals surface area contributed by atoms with E-state index in [-0.39, 0.29) is 0 Å². The summed E-state index contributed by atoms with van der Waals surface area (Å²) in [6.07, 6.45) is 2.32. The molecule has 0 aliphatic carbocycles. The average Bonchev–Trinajstić information content (AvgIpc) is 2.38. The Labute approximate surface area is 115 Å². The second-order valence-electron chi connectivity index (χ2n) is 4.24. The van der Waals surface area contributed by atoms with E-state index in [1.807, 2.05) is 18.2 Å². The van der Waals surface area contributed by atoms with Crippen molar-refractivity contribution in [1.29, 1.82) is 0 Å². The van der Waals surface area contributed by atoms with E-state index in [0.717, 1.165) is 48.9 Å². The van der Waals surface area contributed by atoms with Crippen molar-refractivity contribution < 1.29 is 4.74 Å². The molecule has 0 heterocycles. The largest absolute Gasteiger partial charge is 0.496 e. The molecule has 0 radical (unpaired) electrons. The minimum Gasteiger partial charge on any atom is -0.496 e. The van der Waals surface area contributed by atoms with Gasteiger partial charge in [-0.1, -0.05) is 18.5 Å². The molecule has 0 bridgehead atoms. The van der Waals surface area contributed by atoms with E-state index in [2.05, 4.69) is 17.6 Å². The van der Waals surface area contributed by atoms with Crippen molar-refractivity contribution in [3.8, 4) is 5.75 Å². The molecule has 3 nitrogen and oxygen atoms in total. The quantitative estimate of drug-likeness (QED) is 0.677. The molecule has 0 unspecified atom stereocenters. The van der Waals surface area contributed by atoms with E-state index in [1.165, 1.54) is 6.42 Å². The maximum Gasteiger partial charge on any atom is 0.123 e. The van der Waals surface area contributed by atoms with E-state index >= 15 is 0 Å². The van der Waals surface area contributed by atoms with Crippen LogP contribution in [-0.2, 0) is 6.54 Å². The number of hydrogen-bond donors (Lipinski definition) is 2. The summed E-state index contributed by atoms with van der Waals surface area (Å²) >= 11 is 5.98. The molecule has 0 atom stereocenters. The molecule has 0 aliphatic heterocycles. The highest BCUT2D eigenvalue weighted by Crippen LogP contribution is 2.22. The molecule has 102 valence electrons. The molecule has 0 amide bonds. The van der Waals surface area contributed by atoms with Crippen LogP contribution in [-0.4, -0.2) is 26.7 Å². The Bertz CT molecular complexity index is 345. The Morgan fingerprint density at radius 1 is 1.17 bits per heavy atom. The lowest BCUT2D eigenvalue weighted by molar-refractivity contribution is 0.407. The number of nitrogens with one attached hydrogen (secondary N) is 2. The highest BCUT2D eigenvalue weighted by Gasteiger charge is 2.02. The Morgan fingerprint density at radius 3 is 2.67 bits per heavy atom. The van der Waals surface area contributed by atoms with Gasteiger partial charge in [0.2, 0.25) is 0 Å². The molecular formula is C14H23ClN2O. The Hall–Kier alpha value is -0.770. The van der Waals surface area contributed by atoms with Crippen molar-refractivity contribution >= 4 is 11.6 Å². The number of benzene rings is 1. The van der Waals surface area contributed by atoms with Crippen LogP contribution in [0.5, 0.6) is 5.75 Å². The predicted octanol–water partition coefficient (Wildman–Crippen LogP) is 2.83. The number of halogens is 1. The smallest absolute Gasteiger partial charge is 0.123 e. The molecule has 2 N–H and O–H groups in total. The summed E-state index contributed by atoms with van der Waals surface area (Å²) in [5.74, 6) is 0.885. The molecule has 1 aromatic carbocycles. The van der Waals surface area contributed by atoms with E-state index in [0.29, 0.717) is 0 Å². The lowest BCUT2D eigenvalue weighted by Gasteiger charge is -2.10. The van der Waals surface area contributed by atoms with Gasteiger partial charge in [0.15, 0.2) is 0 Å². The Morgan fingerprint density at radius 2 is 1.94 bits per heavy atom. The zero-order valence-electron chi connectivity index (χ0n) is 11.3. The fourth-order valence-corrected chi connectivity index (χ4v) is 1.94. The van der Waals surface area contributed by atoms with Crippen molar-refractivity contribution in [2.75, 3.05) is 26.7 Å². The summed E-state index contributed by atoms with van der Waals surface area (Å²) in [5.41, 5.74) is 1.10. The summed E-state index contributed by atoms with van der Waals surface area (Å²) in [7, 11) is 1.68. The molecule has 0 saturated heterocycles. The van der Waals surface area contributed by atoms with Crippen molar-refractivity contribution in [3.05, 3.63) is 28.8 Å². The molecule has 0 aliphatic rings. The number of ether oxygens (including phenoxy) is 1. The van der Waals surface area contributed by atoms with Gasteiger partial charge in [-0.25, -0.2) is 0 Å². The van der Waals surface area contributed by atoms with Gasteiger partial charge in [-0.3, -0.25) is 0 Å². The summed E-state index contributed by atoms with van der Waals surface area (Å²) in [4.78, 5) is 0. The lowest BCUT2D eigenvalue weighted by atomic mass is 10.2. The third-order valence-electron chi connectivity index (χ3n) is 2.69. The summed E-state index contributed by atoms with van der Waals surface area (Å²) in [6.45, 7) is 6.12. The fraction of sp³-hybridized carbons (Fsp3) is 0.571. The highest BCUT2D eigenvalue weighted by molar-refractivity contribution is 6.30. The zero-order valence-corrected chi connectivity index (χ0v) is 12.0. The van der Waals surface area contributed by atoms with Gasteiger partial charge in [-0.05, 0) is 50.7 Å². The van der Waals surface area contributed by atoms with Crippen LogP contribution in [0.15, 0.2) is 18.2 Å². The van der Waals surface area contributed by atoms with E-state index in [4.69, 9.17) is 16.3 Å². The van der Waals surface area contributed by atoms with Gasteiger partial charge in [0.25, 0.3) is 0 Å². The third kappa shape index (κ3) is 5.71. The van der Waals surface area contributed by atoms with Crippen LogP contribution in [0.25, 0.3) is 0 Å². The molecule has 1 rings (SSSR count). The Balaban J connectivity index is 2.24. The molecule has 0 spiro atoms. The van der Waals surface area contributed by atoms with Crippen molar-refractivity contribution in [3.63, 3.8) is 0 Å². The van der Waals surface area contributed by atoms with Crippen LogP contribution < -0.4 is 15.4 Å². The predicted molar refractivity (Wildman–Crippen MR) is 77.5 cm³/mol. The summed E-state index contributed by atoms with van der Waals surface area (Å²) in [6, 6.07) is 5.70. The molecule has 0 saturated carbocycles. The number of methoxy groups -OCH3 is 1. The van der Waals surface area contributed by atoms with Crippen LogP contribution in [0.2, 0.25) is 5.02 Å². The van der Waals surface area contributed by atoms with Crippen molar-refractivity contribution in [1.82, 2.24) is 10.6 Å². The first kappa shape index (κ1) is 15.3. The van der Waals surface area contributed by atoms with Crippen LogP contribution in [0, 0.1) is 0 Å². The SMILES string of the molecule is CCCNCCCNCc1cc(Cl)ccc1OC. The second kappa shape index (κ2) is 9.20. The molecule has 18 heavy (non-hydrogen) atoms. The van der Waals surface area contributed by atoms with Gasteiger partial charge in [-0.15, -0.1) is 0 Å². The van der Waals surface area contributed by atoms with Gasteiger partial charge >= 0.3 is 0 Å². The minimum absolute atomic E-state index is 0.747. The van der Waals surface area contributed by atoms with Gasteiger partial charge in [0.05, 0.1) is 7.11 Å². The number of hydrogen-bond acceptors (Lipinski definition) is 3. The van der Waals surface area contributed by atoms with E-state index in [1.54, 1.807) is 7.11 Å². The van der Waals surface area contributed by atoms with Gasteiger partial charge < -0.3 is 15.4 Å². The van der Waals surface area contributed by atoms with Crippen LogP contribution in [0.3, 0.4) is 0 Å². The molecule has 0 aromatic heterocycles. The van der Waals surface area contributed by atoms with E-state index < -0.39 is 0 Å². The van der Waals surface area contributed by atoms with Gasteiger partial charge in [0.1, 0.15) is 5.75 Å². The highest BCUT2D eigenvalue weighted by atomic mass is 35.5. The monoisotopic (exact) mass is 270 g/mol. The molecule has 1 aromatic rings. The lowest BCUT2D eigenvalue weighted by Crippen LogP contribution is -2.22. The first-order chi connectivity index (χ1) is 8.77. The van der Waals surface area contributed by atoms with Crippen LogP contribution >= 0.6 is 11.6 Å². The van der Waals surface area contributed by atoms with Crippen LogP contribution in [0.4, 0.5) is 0 Å². The second-order valence-corrected chi connectivity index (χ2v) is 4.67. The topological polar surface area (TPSA) is 33.3 Å². The normalized spacial score (nSPS) is 10.6. The third-order valence-corrected chi connectivity index (χ3v) is 2.93. The fourth-order valence-electron chi connectivity index (χ4n) is 1.75. The molecular weight excluding hydrogens is 248 g/mol. The van der Waals surface area contributed by atoms with Gasteiger partial charge in [-0.2, -0.15) is 0 Å². The summed E-state index contributed by atoms with van der Waals surface area (Å²) < 4.78 is 5.30. The van der Waals surface area contributed by atoms with Crippen molar-refractivity contribution in [2.45, 2.75) is 26.3 Å². The van der Waals surface area contributed by atoms with Crippen molar-refractivity contribution in [2.24, 2.45) is 0 Å². The minimum atomic E-state index is 0.747. The first-order valence-electron chi connectivity index (χ1n) is 6.51.